The van der Waals surface area contributed by atoms with Crippen LogP contribution in [-0.2, 0) is 4.79 Å². The number of carbonyl (C=O) groups excluding carboxylic acids is 1. The maximum Gasteiger partial charge on any atom is 0.262 e. The lowest BCUT2D eigenvalue weighted by Gasteiger charge is -2.10. The van der Waals surface area contributed by atoms with Crippen molar-refractivity contribution < 1.29 is 18.8 Å². The first-order valence-corrected chi connectivity index (χ1v) is 10.2. The van der Waals surface area contributed by atoms with E-state index in [2.05, 4.69) is 15.5 Å². The summed E-state index contributed by atoms with van der Waals surface area (Å²) in [5, 5.41) is 7.38. The number of nitrogens with zero attached hydrogens (tertiary/aromatic N) is 2. The van der Waals surface area contributed by atoms with E-state index < -0.39 is 0 Å². The Balaban J connectivity index is 1.36. The van der Waals surface area contributed by atoms with Crippen molar-refractivity contribution in [1.29, 1.82) is 0 Å². The van der Waals surface area contributed by atoms with Gasteiger partial charge in [-0.2, -0.15) is 4.98 Å². The molecule has 1 aromatic heterocycles. The van der Waals surface area contributed by atoms with Gasteiger partial charge in [0.05, 0.1) is 7.11 Å². The highest BCUT2D eigenvalue weighted by Crippen LogP contribution is 2.25. The molecule has 32 heavy (non-hydrogen) atoms. The number of hydrogen-bond donors (Lipinski definition) is 1. The number of nitrogens with one attached hydrogen (secondary N) is 1. The predicted octanol–water partition coefficient (Wildman–Crippen LogP) is 5.39. The molecule has 1 amide bonds. The molecule has 0 aliphatic heterocycles. The van der Waals surface area contributed by atoms with Crippen LogP contribution in [-0.4, -0.2) is 29.8 Å². The van der Waals surface area contributed by atoms with Gasteiger partial charge in [0.2, 0.25) is 5.82 Å². The fraction of sp³-hybridized carbons (Fsp3) is 0.125. The van der Waals surface area contributed by atoms with E-state index in [1.54, 1.807) is 43.5 Å². The van der Waals surface area contributed by atoms with Crippen molar-refractivity contribution in [2.45, 2.75) is 6.92 Å². The summed E-state index contributed by atoms with van der Waals surface area (Å²) >= 11 is 5.98. The second-order valence-electron chi connectivity index (χ2n) is 6.97. The Morgan fingerprint density at radius 1 is 1.00 bits per heavy atom. The first kappa shape index (κ1) is 21.4. The maximum absolute atomic E-state index is 12.2. The molecule has 0 bridgehead atoms. The van der Waals surface area contributed by atoms with Gasteiger partial charge < -0.3 is 19.3 Å². The number of methoxy groups -OCH3 is 1. The van der Waals surface area contributed by atoms with Gasteiger partial charge in [0.25, 0.3) is 11.8 Å². The third-order valence-electron chi connectivity index (χ3n) is 4.72. The monoisotopic (exact) mass is 449 g/mol. The van der Waals surface area contributed by atoms with Gasteiger partial charge in [-0.3, -0.25) is 4.79 Å². The minimum Gasteiger partial charge on any atom is -0.497 e. The van der Waals surface area contributed by atoms with Gasteiger partial charge in [0.15, 0.2) is 6.61 Å². The molecule has 0 spiro atoms. The molecule has 7 nitrogen and oxygen atoms in total. The minimum atomic E-state index is -0.277. The molecule has 4 rings (SSSR count). The average molecular weight is 450 g/mol. The number of benzene rings is 3. The fourth-order valence-corrected chi connectivity index (χ4v) is 3.13. The molecule has 1 heterocycles. The quantitative estimate of drug-likeness (QED) is 0.407. The molecule has 0 aliphatic carbocycles. The number of carbonyl (C=O) groups is 1. The van der Waals surface area contributed by atoms with Crippen LogP contribution >= 0.6 is 11.6 Å². The zero-order valence-electron chi connectivity index (χ0n) is 17.5. The van der Waals surface area contributed by atoms with Crippen molar-refractivity contribution in [3.05, 3.63) is 77.3 Å². The highest BCUT2D eigenvalue weighted by molar-refractivity contribution is 6.31. The fourth-order valence-electron chi connectivity index (χ4n) is 2.96. The third kappa shape index (κ3) is 5.07. The smallest absolute Gasteiger partial charge is 0.262 e. The Morgan fingerprint density at radius 3 is 2.41 bits per heavy atom. The van der Waals surface area contributed by atoms with E-state index in [1.165, 1.54) is 0 Å². The number of hydrogen-bond acceptors (Lipinski definition) is 6. The van der Waals surface area contributed by atoms with Crippen LogP contribution < -0.4 is 14.8 Å². The Hall–Kier alpha value is -3.84. The van der Waals surface area contributed by atoms with Crippen molar-refractivity contribution >= 4 is 23.2 Å². The van der Waals surface area contributed by atoms with E-state index >= 15 is 0 Å². The van der Waals surface area contributed by atoms with Crippen LogP contribution in [0.25, 0.3) is 22.8 Å². The van der Waals surface area contributed by atoms with E-state index in [1.807, 2.05) is 37.3 Å². The molecule has 4 aromatic rings. The van der Waals surface area contributed by atoms with E-state index in [0.717, 1.165) is 22.4 Å². The molecule has 0 saturated carbocycles. The standard InChI is InChI=1S/C24H20ClN3O4/c1-15-3-8-18(25)13-21(15)26-22(29)14-31-20-11-6-17(7-12-20)24-27-23(28-32-24)16-4-9-19(30-2)10-5-16/h3-13H,14H2,1-2H3,(H,26,29). The van der Waals surface area contributed by atoms with Gasteiger partial charge in [-0.25, -0.2) is 0 Å². The van der Waals surface area contributed by atoms with Gasteiger partial charge in [0.1, 0.15) is 11.5 Å². The number of halogens is 1. The van der Waals surface area contributed by atoms with Crippen LogP contribution in [0, 0.1) is 6.92 Å². The number of aromatic nitrogens is 2. The summed E-state index contributed by atoms with van der Waals surface area (Å²) in [6.07, 6.45) is 0. The molecule has 0 saturated heterocycles. The summed E-state index contributed by atoms with van der Waals surface area (Å²) in [5.74, 6) is 1.89. The van der Waals surface area contributed by atoms with Crippen molar-refractivity contribution in [3.8, 4) is 34.3 Å². The van der Waals surface area contributed by atoms with Crippen LogP contribution in [0.4, 0.5) is 5.69 Å². The molecular formula is C24H20ClN3O4. The van der Waals surface area contributed by atoms with Crippen molar-refractivity contribution in [1.82, 2.24) is 10.1 Å². The summed E-state index contributed by atoms with van der Waals surface area (Å²) in [5.41, 5.74) is 3.14. The largest absolute Gasteiger partial charge is 0.497 e. The van der Waals surface area contributed by atoms with Gasteiger partial charge in [0, 0.05) is 21.8 Å². The summed E-state index contributed by atoms with van der Waals surface area (Å²) in [7, 11) is 1.61. The Morgan fingerprint density at radius 2 is 1.69 bits per heavy atom. The van der Waals surface area contributed by atoms with Crippen LogP contribution in [0.5, 0.6) is 11.5 Å². The van der Waals surface area contributed by atoms with E-state index in [-0.39, 0.29) is 12.5 Å². The van der Waals surface area contributed by atoms with Crippen LogP contribution in [0.15, 0.2) is 71.3 Å². The van der Waals surface area contributed by atoms with E-state index in [0.29, 0.717) is 28.2 Å². The molecular weight excluding hydrogens is 430 g/mol. The van der Waals surface area contributed by atoms with Gasteiger partial charge in [-0.05, 0) is 73.2 Å². The summed E-state index contributed by atoms with van der Waals surface area (Å²) in [4.78, 5) is 16.6. The van der Waals surface area contributed by atoms with Gasteiger partial charge >= 0.3 is 0 Å². The second kappa shape index (κ2) is 9.53. The molecule has 0 atom stereocenters. The van der Waals surface area contributed by atoms with Crippen LogP contribution in [0.2, 0.25) is 5.02 Å². The van der Waals surface area contributed by atoms with E-state index in [4.69, 9.17) is 25.6 Å². The zero-order valence-corrected chi connectivity index (χ0v) is 18.2. The van der Waals surface area contributed by atoms with Gasteiger partial charge in [-0.15, -0.1) is 0 Å². The summed E-state index contributed by atoms with van der Waals surface area (Å²) in [6.45, 7) is 1.76. The maximum atomic E-state index is 12.2. The molecule has 8 heteroatoms. The van der Waals surface area contributed by atoms with Crippen molar-refractivity contribution in [3.63, 3.8) is 0 Å². The third-order valence-corrected chi connectivity index (χ3v) is 4.95. The molecule has 0 radical (unpaired) electrons. The molecule has 3 aromatic carbocycles. The van der Waals surface area contributed by atoms with E-state index in [9.17, 15) is 4.79 Å². The predicted molar refractivity (Wildman–Crippen MR) is 122 cm³/mol. The van der Waals surface area contributed by atoms with Crippen LogP contribution in [0.1, 0.15) is 5.56 Å². The molecule has 162 valence electrons. The Bertz CT molecular complexity index is 1220. The number of anilines is 1. The summed E-state index contributed by atoms with van der Waals surface area (Å²) in [6, 6.07) is 19.8. The lowest BCUT2D eigenvalue weighted by Crippen LogP contribution is -2.20. The molecule has 0 aliphatic rings. The highest BCUT2D eigenvalue weighted by atomic mass is 35.5. The normalized spacial score (nSPS) is 10.6. The zero-order chi connectivity index (χ0) is 22.5. The molecule has 0 unspecified atom stereocenters. The first-order valence-electron chi connectivity index (χ1n) is 9.79. The average Bonchev–Trinajstić information content (AvgIpc) is 3.31. The Labute approximate surface area is 189 Å². The number of amides is 1. The number of rotatable bonds is 7. The van der Waals surface area contributed by atoms with Crippen LogP contribution in [0.3, 0.4) is 0 Å². The summed E-state index contributed by atoms with van der Waals surface area (Å²) < 4.78 is 16.1. The van der Waals surface area contributed by atoms with Gasteiger partial charge in [-0.1, -0.05) is 22.8 Å². The topological polar surface area (TPSA) is 86.5 Å². The van der Waals surface area contributed by atoms with Crippen molar-refractivity contribution in [2.75, 3.05) is 19.0 Å². The first-order chi connectivity index (χ1) is 15.5. The van der Waals surface area contributed by atoms with Crippen molar-refractivity contribution in [2.24, 2.45) is 0 Å². The Kier molecular flexibility index (Phi) is 6.37. The highest BCUT2D eigenvalue weighted by Gasteiger charge is 2.12. The second-order valence-corrected chi connectivity index (χ2v) is 7.41. The molecule has 0 fully saturated rings. The lowest BCUT2D eigenvalue weighted by molar-refractivity contribution is -0.118. The lowest BCUT2D eigenvalue weighted by atomic mass is 10.2. The minimum absolute atomic E-state index is 0.131. The number of aryl methyl sites for hydroxylation is 1. The number of ether oxygens (including phenoxy) is 2. The SMILES string of the molecule is COc1ccc(-c2noc(-c3ccc(OCC(=O)Nc4cc(Cl)ccc4C)cc3)n2)cc1. The molecule has 1 N–H and O–H groups in total.